The second kappa shape index (κ2) is 6.36. The topological polar surface area (TPSA) is 75.6 Å². The SMILES string of the molecule is COCC(C)(NC(=O)C(C)c1ccc(Cl)s1)C(=O)O. The molecule has 1 heterocycles. The van der Waals surface area contributed by atoms with E-state index in [9.17, 15) is 9.59 Å². The predicted molar refractivity (Wildman–Crippen MR) is 73.8 cm³/mol. The van der Waals surface area contributed by atoms with Crippen LogP contribution < -0.4 is 5.32 Å². The highest BCUT2D eigenvalue weighted by atomic mass is 35.5. The van der Waals surface area contributed by atoms with Crippen molar-refractivity contribution in [3.05, 3.63) is 21.3 Å². The summed E-state index contributed by atoms with van der Waals surface area (Å²) in [6, 6.07) is 3.46. The first-order valence-corrected chi connectivity index (χ1v) is 6.79. The Bertz CT molecular complexity index is 476. The van der Waals surface area contributed by atoms with Gasteiger partial charge in [-0.2, -0.15) is 0 Å². The van der Waals surface area contributed by atoms with Crippen molar-refractivity contribution in [3.63, 3.8) is 0 Å². The van der Waals surface area contributed by atoms with E-state index in [1.165, 1.54) is 25.4 Å². The van der Waals surface area contributed by atoms with Crippen LogP contribution in [-0.4, -0.2) is 36.2 Å². The fraction of sp³-hybridized carbons (Fsp3) is 0.500. The zero-order valence-electron chi connectivity index (χ0n) is 10.9. The number of aliphatic carboxylic acids is 1. The third-order valence-electron chi connectivity index (χ3n) is 2.72. The van der Waals surface area contributed by atoms with Gasteiger partial charge in [0.15, 0.2) is 5.54 Å². The summed E-state index contributed by atoms with van der Waals surface area (Å²) in [4.78, 5) is 24.1. The number of hydrogen-bond donors (Lipinski definition) is 2. The molecule has 0 aliphatic heterocycles. The Balaban J connectivity index is 2.80. The maximum absolute atomic E-state index is 12.1. The molecule has 0 saturated carbocycles. The average molecular weight is 306 g/mol. The number of amides is 1. The third kappa shape index (κ3) is 3.92. The molecule has 0 saturated heterocycles. The largest absolute Gasteiger partial charge is 0.479 e. The van der Waals surface area contributed by atoms with Crippen LogP contribution in [0.4, 0.5) is 0 Å². The number of methoxy groups -OCH3 is 1. The van der Waals surface area contributed by atoms with Crippen LogP contribution in [0.25, 0.3) is 0 Å². The van der Waals surface area contributed by atoms with Crippen molar-refractivity contribution in [2.24, 2.45) is 0 Å². The van der Waals surface area contributed by atoms with Gasteiger partial charge in [-0.3, -0.25) is 4.79 Å². The lowest BCUT2D eigenvalue weighted by atomic mass is 10.0. The molecule has 0 aliphatic carbocycles. The molecule has 0 fully saturated rings. The molecule has 2 atom stereocenters. The van der Waals surface area contributed by atoms with Crippen molar-refractivity contribution < 1.29 is 19.4 Å². The highest BCUT2D eigenvalue weighted by Gasteiger charge is 2.36. The lowest BCUT2D eigenvalue weighted by Gasteiger charge is -2.26. The van der Waals surface area contributed by atoms with E-state index in [2.05, 4.69) is 5.32 Å². The number of nitrogens with one attached hydrogen (secondary N) is 1. The number of carbonyl (C=O) groups excluding carboxylic acids is 1. The molecule has 106 valence electrons. The summed E-state index contributed by atoms with van der Waals surface area (Å²) >= 11 is 7.11. The van der Waals surface area contributed by atoms with Crippen molar-refractivity contribution in [3.8, 4) is 0 Å². The molecule has 5 nitrogen and oxygen atoms in total. The maximum Gasteiger partial charge on any atom is 0.331 e. The van der Waals surface area contributed by atoms with E-state index in [4.69, 9.17) is 21.4 Å². The van der Waals surface area contributed by atoms with Crippen LogP contribution in [0.1, 0.15) is 24.6 Å². The second-order valence-corrected chi connectivity index (χ2v) is 6.17. The Kier molecular flexibility index (Phi) is 5.34. The van der Waals surface area contributed by atoms with E-state index in [0.717, 1.165) is 4.88 Å². The van der Waals surface area contributed by atoms with E-state index in [-0.39, 0.29) is 12.5 Å². The summed E-state index contributed by atoms with van der Waals surface area (Å²) in [5, 5.41) is 11.7. The van der Waals surface area contributed by atoms with Crippen LogP contribution in [0.3, 0.4) is 0 Å². The van der Waals surface area contributed by atoms with E-state index >= 15 is 0 Å². The Morgan fingerprint density at radius 2 is 2.21 bits per heavy atom. The molecule has 1 aromatic rings. The molecule has 0 spiro atoms. The van der Waals surface area contributed by atoms with Gasteiger partial charge in [0.2, 0.25) is 5.91 Å². The normalized spacial score (nSPS) is 15.6. The number of carbonyl (C=O) groups is 2. The minimum Gasteiger partial charge on any atom is -0.479 e. The zero-order chi connectivity index (χ0) is 14.6. The minimum absolute atomic E-state index is 0.105. The highest BCUT2D eigenvalue weighted by Crippen LogP contribution is 2.28. The maximum atomic E-state index is 12.1. The summed E-state index contributed by atoms with van der Waals surface area (Å²) in [6.45, 7) is 3.00. The van der Waals surface area contributed by atoms with Crippen molar-refractivity contribution in [1.29, 1.82) is 0 Å². The minimum atomic E-state index is -1.44. The van der Waals surface area contributed by atoms with E-state index < -0.39 is 17.4 Å². The Morgan fingerprint density at radius 1 is 1.58 bits per heavy atom. The van der Waals surface area contributed by atoms with Crippen molar-refractivity contribution in [1.82, 2.24) is 5.32 Å². The molecule has 19 heavy (non-hydrogen) atoms. The number of carboxylic acid groups (broad SMARTS) is 1. The molecule has 0 bridgehead atoms. The average Bonchev–Trinajstić information content (AvgIpc) is 2.74. The van der Waals surface area contributed by atoms with Gasteiger partial charge < -0.3 is 15.2 Å². The van der Waals surface area contributed by atoms with Gasteiger partial charge in [0, 0.05) is 12.0 Å². The van der Waals surface area contributed by atoms with Crippen molar-refractivity contribution in [2.45, 2.75) is 25.3 Å². The summed E-state index contributed by atoms with van der Waals surface area (Å²) in [6.07, 6.45) is 0. The number of carboxylic acids is 1. The van der Waals surface area contributed by atoms with Crippen molar-refractivity contribution in [2.75, 3.05) is 13.7 Å². The summed E-state index contributed by atoms with van der Waals surface area (Å²) in [5.41, 5.74) is -1.44. The Morgan fingerprint density at radius 3 is 2.63 bits per heavy atom. The molecule has 0 radical (unpaired) electrons. The number of thiophene rings is 1. The summed E-state index contributed by atoms with van der Waals surface area (Å²) in [5.74, 6) is -1.98. The Hall–Kier alpha value is -1.11. The van der Waals surface area contributed by atoms with Crippen LogP contribution in [0.15, 0.2) is 12.1 Å². The number of halogens is 1. The van der Waals surface area contributed by atoms with Gasteiger partial charge >= 0.3 is 5.97 Å². The molecule has 7 heteroatoms. The first kappa shape index (κ1) is 15.9. The highest BCUT2D eigenvalue weighted by molar-refractivity contribution is 7.16. The molecule has 0 aromatic carbocycles. The number of hydrogen-bond acceptors (Lipinski definition) is 4. The lowest BCUT2D eigenvalue weighted by Crippen LogP contribution is -2.56. The standard InChI is InChI=1S/C12H16ClNO4S/c1-7(8-4-5-9(13)19-8)10(15)14-12(2,6-18-3)11(16)17/h4-5,7H,6H2,1-3H3,(H,14,15)(H,16,17). The summed E-state index contributed by atoms with van der Waals surface area (Å²) < 4.78 is 5.43. The predicted octanol–water partition coefficient (Wildman–Crippen LogP) is 2.11. The fourth-order valence-corrected chi connectivity index (χ4v) is 2.62. The van der Waals surface area contributed by atoms with Gasteiger partial charge in [-0.25, -0.2) is 4.79 Å². The smallest absolute Gasteiger partial charge is 0.331 e. The second-order valence-electron chi connectivity index (χ2n) is 4.42. The van der Waals surface area contributed by atoms with Crippen LogP contribution >= 0.6 is 22.9 Å². The monoisotopic (exact) mass is 305 g/mol. The molecule has 2 unspecified atom stereocenters. The molecule has 1 rings (SSSR count). The third-order valence-corrected chi connectivity index (χ3v) is 4.13. The van der Waals surface area contributed by atoms with Gasteiger partial charge in [0.25, 0.3) is 0 Å². The van der Waals surface area contributed by atoms with Crippen molar-refractivity contribution >= 4 is 34.8 Å². The van der Waals surface area contributed by atoms with E-state index in [1.54, 1.807) is 19.1 Å². The molecule has 1 aromatic heterocycles. The number of ether oxygens (including phenoxy) is 1. The first-order valence-electron chi connectivity index (χ1n) is 5.59. The van der Waals surface area contributed by atoms with Crippen LogP contribution in [0, 0.1) is 0 Å². The van der Waals surface area contributed by atoms with Crippen LogP contribution in [0.2, 0.25) is 4.34 Å². The van der Waals surface area contributed by atoms with Gasteiger partial charge in [0.1, 0.15) is 0 Å². The van der Waals surface area contributed by atoms with Gasteiger partial charge in [-0.1, -0.05) is 11.6 Å². The molecule has 2 N–H and O–H groups in total. The molecule has 0 aliphatic rings. The van der Waals surface area contributed by atoms with Crippen LogP contribution in [-0.2, 0) is 14.3 Å². The molecular weight excluding hydrogens is 290 g/mol. The molecular formula is C12H16ClNO4S. The summed E-state index contributed by atoms with van der Waals surface area (Å²) in [7, 11) is 1.38. The lowest BCUT2D eigenvalue weighted by molar-refractivity contribution is -0.149. The van der Waals surface area contributed by atoms with Gasteiger partial charge in [0.05, 0.1) is 16.9 Å². The first-order chi connectivity index (χ1) is 8.80. The van der Waals surface area contributed by atoms with Gasteiger partial charge in [-0.15, -0.1) is 11.3 Å². The zero-order valence-corrected chi connectivity index (χ0v) is 12.5. The van der Waals surface area contributed by atoms with Crippen LogP contribution in [0.5, 0.6) is 0 Å². The quantitative estimate of drug-likeness (QED) is 0.844. The fourth-order valence-electron chi connectivity index (χ4n) is 1.51. The number of rotatable bonds is 6. The Labute approximate surface area is 120 Å². The van der Waals surface area contributed by atoms with E-state index in [1.807, 2.05) is 0 Å². The van der Waals surface area contributed by atoms with E-state index in [0.29, 0.717) is 4.34 Å². The molecule has 1 amide bonds. The van der Waals surface area contributed by atoms with Gasteiger partial charge in [-0.05, 0) is 26.0 Å².